The van der Waals surface area contributed by atoms with Crippen LogP contribution in [0.2, 0.25) is 0 Å². The van der Waals surface area contributed by atoms with Gasteiger partial charge in [0, 0.05) is 32.4 Å². The predicted molar refractivity (Wildman–Crippen MR) is 75.7 cm³/mol. The Morgan fingerprint density at radius 1 is 1.28 bits per heavy atom. The zero-order chi connectivity index (χ0) is 12.8. The van der Waals surface area contributed by atoms with Crippen LogP contribution in [-0.4, -0.2) is 49.2 Å². The van der Waals surface area contributed by atoms with Gasteiger partial charge in [0.05, 0.1) is 0 Å². The first-order chi connectivity index (χ1) is 8.79. The minimum Gasteiger partial charge on any atom is -0.354 e. The van der Waals surface area contributed by atoms with Crippen molar-refractivity contribution < 1.29 is 0 Å². The first kappa shape index (κ1) is 13.3. The lowest BCUT2D eigenvalue weighted by Crippen LogP contribution is -2.47. The van der Waals surface area contributed by atoms with E-state index in [2.05, 4.69) is 33.8 Å². The van der Waals surface area contributed by atoms with Crippen molar-refractivity contribution in [2.45, 2.75) is 13.3 Å². The summed E-state index contributed by atoms with van der Waals surface area (Å²) in [4.78, 5) is 9.30. The Balaban J connectivity index is 1.75. The number of hydrogen-bond acceptors (Lipinski definition) is 4. The first-order valence-electron chi connectivity index (χ1n) is 6.88. The molecule has 1 saturated heterocycles. The second kappa shape index (κ2) is 6.71. The van der Waals surface area contributed by atoms with Gasteiger partial charge in [-0.1, -0.05) is 13.0 Å². The molecule has 2 heterocycles. The summed E-state index contributed by atoms with van der Waals surface area (Å²) in [6.45, 7) is 8.62. The van der Waals surface area contributed by atoms with Gasteiger partial charge in [-0.15, -0.1) is 0 Å². The lowest BCUT2D eigenvalue weighted by Gasteiger charge is -2.35. The van der Waals surface area contributed by atoms with Gasteiger partial charge in [-0.05, 0) is 37.6 Å². The van der Waals surface area contributed by atoms with Gasteiger partial charge in [0.25, 0.3) is 0 Å². The lowest BCUT2D eigenvalue weighted by molar-refractivity contribution is 0.241. The highest BCUT2D eigenvalue weighted by Gasteiger charge is 2.17. The molecule has 0 aliphatic carbocycles. The van der Waals surface area contributed by atoms with E-state index in [-0.39, 0.29) is 0 Å². The van der Waals surface area contributed by atoms with Crippen LogP contribution >= 0.6 is 0 Å². The van der Waals surface area contributed by atoms with E-state index in [9.17, 15) is 0 Å². The molecule has 1 aliphatic heterocycles. The van der Waals surface area contributed by atoms with Gasteiger partial charge in [0.2, 0.25) is 0 Å². The molecule has 0 spiro atoms. The van der Waals surface area contributed by atoms with Crippen molar-refractivity contribution in [1.82, 2.24) is 9.88 Å². The summed E-state index contributed by atoms with van der Waals surface area (Å²) in [5.41, 5.74) is 5.65. The minimum atomic E-state index is 0.638. The Bertz CT molecular complexity index is 333. The van der Waals surface area contributed by atoms with Crippen molar-refractivity contribution in [3.8, 4) is 0 Å². The molecule has 1 aliphatic rings. The molecule has 1 atom stereocenters. The number of piperazine rings is 1. The molecule has 0 radical (unpaired) electrons. The van der Waals surface area contributed by atoms with Gasteiger partial charge in [0.1, 0.15) is 5.82 Å². The summed E-state index contributed by atoms with van der Waals surface area (Å²) in [6, 6.07) is 6.11. The Morgan fingerprint density at radius 2 is 2.06 bits per heavy atom. The number of aromatic nitrogens is 1. The fourth-order valence-corrected chi connectivity index (χ4v) is 2.26. The van der Waals surface area contributed by atoms with Crippen LogP contribution in [0.3, 0.4) is 0 Å². The first-order valence-corrected chi connectivity index (χ1v) is 6.88. The average Bonchev–Trinajstić information content (AvgIpc) is 2.46. The van der Waals surface area contributed by atoms with E-state index in [4.69, 9.17) is 5.73 Å². The summed E-state index contributed by atoms with van der Waals surface area (Å²) in [6.07, 6.45) is 3.07. The zero-order valence-corrected chi connectivity index (χ0v) is 11.3. The molecular weight excluding hydrogens is 224 g/mol. The lowest BCUT2D eigenvalue weighted by atomic mass is 10.1. The second-order valence-corrected chi connectivity index (χ2v) is 5.15. The monoisotopic (exact) mass is 248 g/mol. The predicted octanol–water partition coefficient (Wildman–Crippen LogP) is 1.19. The van der Waals surface area contributed by atoms with Crippen LogP contribution in [0.5, 0.6) is 0 Å². The number of anilines is 1. The Hall–Kier alpha value is -1.13. The molecule has 0 aromatic carbocycles. The largest absolute Gasteiger partial charge is 0.354 e. The normalized spacial score (nSPS) is 18.9. The molecule has 0 amide bonds. The third-order valence-electron chi connectivity index (χ3n) is 3.69. The highest BCUT2D eigenvalue weighted by atomic mass is 15.3. The molecule has 18 heavy (non-hydrogen) atoms. The van der Waals surface area contributed by atoms with Gasteiger partial charge < -0.3 is 10.6 Å². The molecule has 1 aromatic heterocycles. The van der Waals surface area contributed by atoms with Gasteiger partial charge in [-0.2, -0.15) is 0 Å². The van der Waals surface area contributed by atoms with Crippen molar-refractivity contribution in [2.24, 2.45) is 11.7 Å². The van der Waals surface area contributed by atoms with E-state index in [0.29, 0.717) is 5.92 Å². The van der Waals surface area contributed by atoms with Gasteiger partial charge in [-0.3, -0.25) is 4.90 Å². The number of hydrogen-bond donors (Lipinski definition) is 1. The Kier molecular flexibility index (Phi) is 4.96. The van der Waals surface area contributed by atoms with Crippen molar-refractivity contribution >= 4 is 5.82 Å². The number of nitrogens with two attached hydrogens (primary N) is 1. The molecule has 4 nitrogen and oxygen atoms in total. The van der Waals surface area contributed by atoms with Gasteiger partial charge >= 0.3 is 0 Å². The summed E-state index contributed by atoms with van der Waals surface area (Å²) in [5.74, 6) is 1.74. The molecule has 2 N–H and O–H groups in total. The molecule has 2 rings (SSSR count). The molecule has 0 saturated carbocycles. The summed E-state index contributed by atoms with van der Waals surface area (Å²) >= 11 is 0. The Morgan fingerprint density at radius 3 is 2.67 bits per heavy atom. The van der Waals surface area contributed by atoms with E-state index in [1.54, 1.807) is 0 Å². The van der Waals surface area contributed by atoms with E-state index in [1.807, 2.05) is 12.3 Å². The van der Waals surface area contributed by atoms with E-state index in [0.717, 1.165) is 38.5 Å². The highest BCUT2D eigenvalue weighted by Crippen LogP contribution is 2.13. The van der Waals surface area contributed by atoms with Crippen LogP contribution in [0, 0.1) is 5.92 Å². The summed E-state index contributed by atoms with van der Waals surface area (Å²) < 4.78 is 0. The van der Waals surface area contributed by atoms with E-state index >= 15 is 0 Å². The highest BCUT2D eigenvalue weighted by molar-refractivity contribution is 5.38. The molecule has 4 heteroatoms. The molecular formula is C14H24N4. The van der Waals surface area contributed by atoms with Crippen LogP contribution < -0.4 is 10.6 Å². The van der Waals surface area contributed by atoms with Crippen molar-refractivity contribution in [1.29, 1.82) is 0 Å². The maximum atomic E-state index is 5.65. The summed E-state index contributed by atoms with van der Waals surface area (Å²) in [7, 11) is 0. The molecule has 1 aromatic rings. The molecule has 100 valence electrons. The van der Waals surface area contributed by atoms with Gasteiger partial charge in [0.15, 0.2) is 0 Å². The van der Waals surface area contributed by atoms with Crippen molar-refractivity contribution in [3.63, 3.8) is 0 Å². The average molecular weight is 248 g/mol. The van der Waals surface area contributed by atoms with E-state index in [1.165, 1.54) is 13.0 Å². The Labute approximate surface area is 110 Å². The fraction of sp³-hybridized carbons (Fsp3) is 0.643. The third-order valence-corrected chi connectivity index (χ3v) is 3.69. The zero-order valence-electron chi connectivity index (χ0n) is 11.3. The standard InChI is InChI=1S/C14H24N4/c1-13(12-15)5-7-17-8-10-18(11-9-17)14-4-2-3-6-16-14/h2-4,6,13H,5,7-12,15H2,1H3. The topological polar surface area (TPSA) is 45.4 Å². The molecule has 1 fully saturated rings. The fourth-order valence-electron chi connectivity index (χ4n) is 2.26. The SMILES string of the molecule is CC(CN)CCN1CCN(c2ccccn2)CC1. The van der Waals surface area contributed by atoms with Crippen LogP contribution in [0.15, 0.2) is 24.4 Å². The van der Waals surface area contributed by atoms with Gasteiger partial charge in [-0.25, -0.2) is 4.98 Å². The van der Waals surface area contributed by atoms with Crippen LogP contribution in [-0.2, 0) is 0 Å². The van der Waals surface area contributed by atoms with E-state index < -0.39 is 0 Å². The number of nitrogens with zero attached hydrogens (tertiary/aromatic N) is 3. The van der Waals surface area contributed by atoms with Crippen LogP contribution in [0.1, 0.15) is 13.3 Å². The third kappa shape index (κ3) is 3.68. The van der Waals surface area contributed by atoms with Crippen molar-refractivity contribution in [2.75, 3.05) is 44.2 Å². The maximum Gasteiger partial charge on any atom is 0.128 e. The molecule has 0 bridgehead atoms. The smallest absolute Gasteiger partial charge is 0.128 e. The second-order valence-electron chi connectivity index (χ2n) is 5.15. The maximum absolute atomic E-state index is 5.65. The molecule has 1 unspecified atom stereocenters. The van der Waals surface area contributed by atoms with Crippen LogP contribution in [0.25, 0.3) is 0 Å². The number of pyridine rings is 1. The van der Waals surface area contributed by atoms with Crippen molar-refractivity contribution in [3.05, 3.63) is 24.4 Å². The summed E-state index contributed by atoms with van der Waals surface area (Å²) in [5, 5.41) is 0. The van der Waals surface area contributed by atoms with Crippen LogP contribution in [0.4, 0.5) is 5.82 Å². The quantitative estimate of drug-likeness (QED) is 0.850. The number of rotatable bonds is 5. The minimum absolute atomic E-state index is 0.638.